The molecule has 0 atom stereocenters. The van der Waals surface area contributed by atoms with E-state index in [9.17, 15) is 4.79 Å². The van der Waals surface area contributed by atoms with Gasteiger partial charge in [0.15, 0.2) is 11.0 Å². The lowest BCUT2D eigenvalue weighted by atomic mass is 10.2. The SMILES string of the molecule is CCOc1ccc(-n2c(SCC(=O)N/N=C(\C)c3cccnc3)nnc2-c2ccc(Cl)cc2)cc1. The Balaban J connectivity index is 1.55. The van der Waals surface area contributed by atoms with Crippen molar-refractivity contribution in [3.05, 3.63) is 83.6 Å². The fourth-order valence-corrected chi connectivity index (χ4v) is 4.06. The minimum absolute atomic E-state index is 0.111. The molecule has 4 rings (SSSR count). The van der Waals surface area contributed by atoms with Crippen molar-refractivity contribution in [2.24, 2.45) is 5.10 Å². The zero-order valence-electron chi connectivity index (χ0n) is 19.2. The van der Waals surface area contributed by atoms with Gasteiger partial charge in [-0.05, 0) is 68.4 Å². The summed E-state index contributed by atoms with van der Waals surface area (Å²) >= 11 is 7.33. The third kappa shape index (κ3) is 6.26. The van der Waals surface area contributed by atoms with Crippen LogP contribution in [0.1, 0.15) is 19.4 Å². The summed E-state index contributed by atoms with van der Waals surface area (Å²) in [5, 5.41) is 14.1. The van der Waals surface area contributed by atoms with Crippen molar-refractivity contribution >= 4 is 35.0 Å². The van der Waals surface area contributed by atoms with E-state index in [1.54, 1.807) is 24.5 Å². The number of hydrazone groups is 1. The first-order chi connectivity index (χ1) is 17.0. The van der Waals surface area contributed by atoms with Gasteiger partial charge < -0.3 is 4.74 Å². The van der Waals surface area contributed by atoms with Crippen molar-refractivity contribution < 1.29 is 9.53 Å². The molecule has 8 nitrogen and oxygen atoms in total. The Kier molecular flexibility index (Phi) is 8.12. The van der Waals surface area contributed by atoms with Crippen molar-refractivity contribution in [3.63, 3.8) is 0 Å². The lowest BCUT2D eigenvalue weighted by molar-refractivity contribution is -0.118. The molecule has 2 heterocycles. The number of halogens is 1. The molecular formula is C25H23ClN6O2S. The molecule has 35 heavy (non-hydrogen) atoms. The van der Waals surface area contributed by atoms with E-state index in [1.165, 1.54) is 11.8 Å². The number of amides is 1. The van der Waals surface area contributed by atoms with Crippen LogP contribution in [0.15, 0.2) is 83.3 Å². The highest BCUT2D eigenvalue weighted by molar-refractivity contribution is 7.99. The van der Waals surface area contributed by atoms with E-state index >= 15 is 0 Å². The molecule has 0 spiro atoms. The predicted octanol–water partition coefficient (Wildman–Crippen LogP) is 5.01. The first-order valence-corrected chi connectivity index (χ1v) is 12.2. The summed E-state index contributed by atoms with van der Waals surface area (Å²) in [6, 6.07) is 18.7. The number of thioether (sulfide) groups is 1. The smallest absolute Gasteiger partial charge is 0.250 e. The highest BCUT2D eigenvalue weighted by Crippen LogP contribution is 2.29. The average molecular weight is 507 g/mol. The highest BCUT2D eigenvalue weighted by Gasteiger charge is 2.17. The van der Waals surface area contributed by atoms with Gasteiger partial charge in [-0.1, -0.05) is 29.4 Å². The minimum Gasteiger partial charge on any atom is -0.494 e. The summed E-state index contributed by atoms with van der Waals surface area (Å²) in [6.07, 6.45) is 3.38. The summed E-state index contributed by atoms with van der Waals surface area (Å²) < 4.78 is 7.47. The summed E-state index contributed by atoms with van der Waals surface area (Å²) in [5.41, 5.74) is 5.79. The third-order valence-electron chi connectivity index (χ3n) is 4.90. The Morgan fingerprint density at radius 2 is 1.89 bits per heavy atom. The largest absolute Gasteiger partial charge is 0.494 e. The fourth-order valence-electron chi connectivity index (χ4n) is 3.19. The van der Waals surface area contributed by atoms with Gasteiger partial charge in [-0.15, -0.1) is 10.2 Å². The molecule has 0 fully saturated rings. The molecular weight excluding hydrogens is 484 g/mol. The standard InChI is InChI=1S/C25H23ClN6O2S/c1-3-34-22-12-10-21(11-13-22)32-24(18-6-8-20(26)9-7-18)30-31-25(32)35-16-23(33)29-28-17(2)19-5-4-14-27-15-19/h4-15H,3,16H2,1-2H3,(H,29,33)/b28-17+. The molecule has 0 radical (unpaired) electrons. The van der Waals surface area contributed by atoms with Gasteiger partial charge in [-0.3, -0.25) is 14.3 Å². The van der Waals surface area contributed by atoms with Crippen LogP contribution in [-0.2, 0) is 4.79 Å². The van der Waals surface area contributed by atoms with Gasteiger partial charge in [0.2, 0.25) is 0 Å². The summed E-state index contributed by atoms with van der Waals surface area (Å²) in [4.78, 5) is 16.6. The molecule has 0 aliphatic rings. The summed E-state index contributed by atoms with van der Waals surface area (Å²) in [5.74, 6) is 1.26. The van der Waals surface area contributed by atoms with E-state index in [1.807, 2.05) is 66.9 Å². The Bertz CT molecular complexity index is 1310. The fraction of sp³-hybridized carbons (Fsp3) is 0.160. The first-order valence-electron chi connectivity index (χ1n) is 10.9. The number of hydrogen-bond donors (Lipinski definition) is 1. The topological polar surface area (TPSA) is 94.3 Å². The minimum atomic E-state index is -0.257. The van der Waals surface area contributed by atoms with E-state index in [4.69, 9.17) is 16.3 Å². The van der Waals surface area contributed by atoms with Crippen LogP contribution in [0.4, 0.5) is 0 Å². The predicted molar refractivity (Wildman–Crippen MR) is 138 cm³/mol. The zero-order valence-corrected chi connectivity index (χ0v) is 20.8. The van der Waals surface area contributed by atoms with Gasteiger partial charge >= 0.3 is 0 Å². The number of benzene rings is 2. The van der Waals surface area contributed by atoms with Gasteiger partial charge in [0.1, 0.15) is 5.75 Å². The molecule has 1 amide bonds. The number of nitrogens with zero attached hydrogens (tertiary/aromatic N) is 5. The molecule has 4 aromatic rings. The Morgan fingerprint density at radius 1 is 1.11 bits per heavy atom. The van der Waals surface area contributed by atoms with Crippen molar-refractivity contribution in [1.82, 2.24) is 25.2 Å². The maximum atomic E-state index is 12.5. The van der Waals surface area contributed by atoms with Gasteiger partial charge in [-0.25, -0.2) is 5.43 Å². The quantitative estimate of drug-likeness (QED) is 0.195. The van der Waals surface area contributed by atoms with Crippen LogP contribution in [0.3, 0.4) is 0 Å². The number of hydrogen-bond acceptors (Lipinski definition) is 7. The molecule has 2 aromatic heterocycles. The van der Waals surface area contributed by atoms with E-state index in [-0.39, 0.29) is 11.7 Å². The molecule has 0 saturated carbocycles. The molecule has 0 bridgehead atoms. The molecule has 0 aliphatic carbocycles. The molecule has 0 saturated heterocycles. The Morgan fingerprint density at radius 3 is 2.57 bits per heavy atom. The van der Waals surface area contributed by atoms with Crippen LogP contribution in [0.25, 0.3) is 17.1 Å². The molecule has 1 N–H and O–H groups in total. The van der Waals surface area contributed by atoms with Gasteiger partial charge in [0.25, 0.3) is 5.91 Å². The maximum absolute atomic E-state index is 12.5. The van der Waals surface area contributed by atoms with E-state index < -0.39 is 0 Å². The Hall–Kier alpha value is -3.69. The van der Waals surface area contributed by atoms with Crippen LogP contribution in [0.5, 0.6) is 5.75 Å². The zero-order chi connectivity index (χ0) is 24.6. The second-order valence-electron chi connectivity index (χ2n) is 7.34. The third-order valence-corrected chi connectivity index (χ3v) is 6.08. The first kappa shape index (κ1) is 24.4. The summed E-state index contributed by atoms with van der Waals surface area (Å²) in [6.45, 7) is 4.33. The second kappa shape index (κ2) is 11.6. The number of pyridine rings is 1. The van der Waals surface area contributed by atoms with Crippen molar-refractivity contribution in [3.8, 4) is 22.8 Å². The number of carbonyl (C=O) groups excluding carboxylic acids is 1. The van der Waals surface area contributed by atoms with E-state index in [0.717, 1.165) is 22.6 Å². The summed E-state index contributed by atoms with van der Waals surface area (Å²) in [7, 11) is 0. The number of ether oxygens (including phenoxy) is 1. The van der Waals surface area contributed by atoms with Crippen LogP contribution < -0.4 is 10.2 Å². The van der Waals surface area contributed by atoms with Crippen LogP contribution in [0.2, 0.25) is 5.02 Å². The molecule has 0 aliphatic heterocycles. The normalized spacial score (nSPS) is 11.3. The van der Waals surface area contributed by atoms with Crippen molar-refractivity contribution in [2.75, 3.05) is 12.4 Å². The van der Waals surface area contributed by atoms with Crippen molar-refractivity contribution in [1.29, 1.82) is 0 Å². The lowest BCUT2D eigenvalue weighted by Gasteiger charge is -2.11. The molecule has 0 unspecified atom stereocenters. The van der Waals surface area contributed by atoms with E-state index in [2.05, 4.69) is 25.7 Å². The average Bonchev–Trinajstić information content (AvgIpc) is 3.31. The maximum Gasteiger partial charge on any atom is 0.250 e. The molecule has 10 heteroatoms. The molecule has 2 aromatic carbocycles. The van der Waals surface area contributed by atoms with Gasteiger partial charge in [-0.2, -0.15) is 5.10 Å². The van der Waals surface area contributed by atoms with Crippen LogP contribution in [0, 0.1) is 0 Å². The second-order valence-corrected chi connectivity index (χ2v) is 8.72. The van der Waals surface area contributed by atoms with E-state index in [0.29, 0.717) is 28.3 Å². The van der Waals surface area contributed by atoms with Crippen molar-refractivity contribution in [2.45, 2.75) is 19.0 Å². The number of nitrogens with one attached hydrogen (secondary N) is 1. The number of carbonyl (C=O) groups is 1. The highest BCUT2D eigenvalue weighted by atomic mass is 35.5. The molecule has 178 valence electrons. The monoisotopic (exact) mass is 506 g/mol. The van der Waals surface area contributed by atoms with Gasteiger partial charge in [0.05, 0.1) is 18.1 Å². The Labute approximate surface area is 212 Å². The van der Waals surface area contributed by atoms with Gasteiger partial charge in [0, 0.05) is 34.2 Å². The number of aromatic nitrogens is 4. The van der Waals surface area contributed by atoms with Crippen LogP contribution in [-0.4, -0.2) is 43.7 Å². The number of rotatable bonds is 9. The van der Waals surface area contributed by atoms with Crippen LogP contribution >= 0.6 is 23.4 Å². The lowest BCUT2D eigenvalue weighted by Crippen LogP contribution is -2.21.